The summed E-state index contributed by atoms with van der Waals surface area (Å²) < 4.78 is 5.36. The van der Waals surface area contributed by atoms with Crippen LogP contribution in [0.2, 0.25) is 0 Å². The van der Waals surface area contributed by atoms with Gasteiger partial charge >= 0.3 is 0 Å². The van der Waals surface area contributed by atoms with Crippen molar-refractivity contribution in [1.29, 1.82) is 0 Å². The summed E-state index contributed by atoms with van der Waals surface area (Å²) in [5.41, 5.74) is 1.29. The molecule has 1 amide bonds. The van der Waals surface area contributed by atoms with E-state index in [1.54, 1.807) is 0 Å². The van der Waals surface area contributed by atoms with Crippen LogP contribution < -0.4 is 4.90 Å². The van der Waals surface area contributed by atoms with Crippen molar-refractivity contribution >= 4 is 11.7 Å². The SMILES string of the molecule is CN(C)c1cc(C2CCCN(C(=O)CN3CCOCC3)C2)ccn1. The Kier molecular flexibility index (Phi) is 5.68. The first-order valence-electron chi connectivity index (χ1n) is 8.84. The van der Waals surface area contributed by atoms with Crippen LogP contribution >= 0.6 is 0 Å². The van der Waals surface area contributed by atoms with Crippen LogP contribution in [0.5, 0.6) is 0 Å². The van der Waals surface area contributed by atoms with Crippen molar-refractivity contribution in [3.8, 4) is 0 Å². The van der Waals surface area contributed by atoms with Crippen molar-refractivity contribution in [3.05, 3.63) is 23.9 Å². The summed E-state index contributed by atoms with van der Waals surface area (Å²) in [5.74, 6) is 1.64. The summed E-state index contributed by atoms with van der Waals surface area (Å²) in [6.45, 7) is 5.42. The fourth-order valence-electron chi connectivity index (χ4n) is 3.46. The zero-order valence-electron chi connectivity index (χ0n) is 14.8. The van der Waals surface area contributed by atoms with Crippen LogP contribution in [0.1, 0.15) is 24.3 Å². The largest absolute Gasteiger partial charge is 0.379 e. The van der Waals surface area contributed by atoms with Crippen LogP contribution in [0.15, 0.2) is 18.3 Å². The molecule has 1 aromatic rings. The second-order valence-electron chi connectivity index (χ2n) is 6.91. The molecule has 2 aliphatic rings. The van der Waals surface area contributed by atoms with Crippen molar-refractivity contribution in [2.45, 2.75) is 18.8 Å². The highest BCUT2D eigenvalue weighted by molar-refractivity contribution is 5.78. The summed E-state index contributed by atoms with van der Waals surface area (Å²) in [6.07, 6.45) is 4.08. The van der Waals surface area contributed by atoms with Crippen LogP contribution in [-0.4, -0.2) is 80.7 Å². The molecule has 1 unspecified atom stereocenters. The molecule has 1 atom stereocenters. The first-order valence-corrected chi connectivity index (χ1v) is 8.84. The van der Waals surface area contributed by atoms with Gasteiger partial charge in [0.15, 0.2) is 0 Å². The minimum atomic E-state index is 0.253. The van der Waals surface area contributed by atoms with E-state index in [0.717, 1.165) is 58.1 Å². The lowest BCUT2D eigenvalue weighted by Gasteiger charge is -2.35. The number of carbonyl (C=O) groups excluding carboxylic acids is 1. The minimum absolute atomic E-state index is 0.253. The number of anilines is 1. The smallest absolute Gasteiger partial charge is 0.236 e. The molecule has 3 rings (SSSR count). The third-order valence-electron chi connectivity index (χ3n) is 4.94. The quantitative estimate of drug-likeness (QED) is 0.829. The molecule has 0 spiro atoms. The van der Waals surface area contributed by atoms with Crippen LogP contribution in [-0.2, 0) is 9.53 Å². The number of hydrogen-bond acceptors (Lipinski definition) is 5. The van der Waals surface area contributed by atoms with Crippen LogP contribution in [0.25, 0.3) is 0 Å². The number of morpholine rings is 1. The van der Waals surface area contributed by atoms with E-state index in [9.17, 15) is 4.79 Å². The standard InChI is InChI=1S/C18H28N4O2/c1-20(2)17-12-15(5-6-19-17)16-4-3-7-22(13-16)18(23)14-21-8-10-24-11-9-21/h5-6,12,16H,3-4,7-11,13-14H2,1-2H3. The lowest BCUT2D eigenvalue weighted by atomic mass is 9.91. The first kappa shape index (κ1) is 17.2. The number of nitrogens with zero attached hydrogens (tertiary/aromatic N) is 4. The first-order chi connectivity index (χ1) is 11.6. The van der Waals surface area contributed by atoms with E-state index in [1.807, 2.05) is 30.1 Å². The van der Waals surface area contributed by atoms with Gasteiger partial charge in [0, 0.05) is 52.4 Å². The van der Waals surface area contributed by atoms with Crippen LogP contribution in [0.4, 0.5) is 5.82 Å². The van der Waals surface area contributed by atoms with Gasteiger partial charge in [0.05, 0.1) is 19.8 Å². The highest BCUT2D eigenvalue weighted by Crippen LogP contribution is 2.28. The lowest BCUT2D eigenvalue weighted by molar-refractivity contribution is -0.134. The van der Waals surface area contributed by atoms with Crippen LogP contribution in [0, 0.1) is 0 Å². The predicted octanol–water partition coefficient (Wildman–Crippen LogP) is 1.19. The van der Waals surface area contributed by atoms with E-state index in [0.29, 0.717) is 12.5 Å². The Labute approximate surface area is 144 Å². The molecule has 6 heteroatoms. The molecule has 2 aliphatic heterocycles. The van der Waals surface area contributed by atoms with Gasteiger partial charge in [-0.1, -0.05) is 0 Å². The van der Waals surface area contributed by atoms with Gasteiger partial charge in [-0.15, -0.1) is 0 Å². The molecule has 0 aliphatic carbocycles. The molecule has 132 valence electrons. The molecular formula is C18H28N4O2. The van der Waals surface area contributed by atoms with Crippen molar-refractivity contribution in [3.63, 3.8) is 0 Å². The third kappa shape index (κ3) is 4.24. The summed E-state index contributed by atoms with van der Waals surface area (Å²) in [4.78, 5) is 23.3. The number of carbonyl (C=O) groups is 1. The molecule has 2 fully saturated rings. The van der Waals surface area contributed by atoms with Gasteiger partial charge in [-0.3, -0.25) is 9.69 Å². The molecule has 0 N–H and O–H groups in total. The zero-order chi connectivity index (χ0) is 16.9. The second-order valence-corrected chi connectivity index (χ2v) is 6.91. The monoisotopic (exact) mass is 332 g/mol. The maximum atomic E-state index is 12.6. The molecule has 2 saturated heterocycles. The molecule has 0 saturated carbocycles. The van der Waals surface area contributed by atoms with E-state index in [1.165, 1.54) is 5.56 Å². The van der Waals surface area contributed by atoms with Crippen molar-refractivity contribution in [2.24, 2.45) is 0 Å². The normalized spacial score (nSPS) is 22.4. The number of pyridine rings is 1. The molecular weight excluding hydrogens is 304 g/mol. The molecule has 0 bridgehead atoms. The summed E-state index contributed by atoms with van der Waals surface area (Å²) in [7, 11) is 4.01. The minimum Gasteiger partial charge on any atom is -0.379 e. The van der Waals surface area contributed by atoms with Gasteiger partial charge in [0.2, 0.25) is 5.91 Å². The number of likely N-dealkylation sites (tertiary alicyclic amines) is 1. The second kappa shape index (κ2) is 7.94. The van der Waals surface area contributed by atoms with E-state index < -0.39 is 0 Å². The fourth-order valence-corrected chi connectivity index (χ4v) is 3.46. The van der Waals surface area contributed by atoms with E-state index in [-0.39, 0.29) is 5.91 Å². The zero-order valence-corrected chi connectivity index (χ0v) is 14.8. The summed E-state index contributed by atoms with van der Waals surface area (Å²) in [6, 6.07) is 4.24. The third-order valence-corrected chi connectivity index (χ3v) is 4.94. The molecule has 1 aromatic heterocycles. The molecule has 6 nitrogen and oxygen atoms in total. The van der Waals surface area contributed by atoms with Crippen molar-refractivity contribution < 1.29 is 9.53 Å². The summed E-state index contributed by atoms with van der Waals surface area (Å²) in [5, 5.41) is 0. The van der Waals surface area contributed by atoms with Crippen molar-refractivity contribution in [2.75, 3.05) is 64.9 Å². The number of piperidine rings is 1. The number of amides is 1. The lowest BCUT2D eigenvalue weighted by Crippen LogP contribution is -2.47. The Morgan fingerprint density at radius 2 is 2.12 bits per heavy atom. The highest BCUT2D eigenvalue weighted by Gasteiger charge is 2.26. The Morgan fingerprint density at radius 3 is 2.88 bits per heavy atom. The van der Waals surface area contributed by atoms with Crippen LogP contribution in [0.3, 0.4) is 0 Å². The van der Waals surface area contributed by atoms with Gasteiger partial charge in [0.1, 0.15) is 5.82 Å². The molecule has 3 heterocycles. The predicted molar refractivity (Wildman–Crippen MR) is 94.4 cm³/mol. The van der Waals surface area contributed by atoms with Gasteiger partial charge in [-0.05, 0) is 30.5 Å². The average Bonchev–Trinajstić information content (AvgIpc) is 2.63. The fraction of sp³-hybridized carbons (Fsp3) is 0.667. The Bertz CT molecular complexity index is 558. The van der Waals surface area contributed by atoms with E-state index in [2.05, 4.69) is 22.0 Å². The topological polar surface area (TPSA) is 48.9 Å². The number of aromatic nitrogens is 1. The molecule has 0 radical (unpaired) electrons. The summed E-state index contributed by atoms with van der Waals surface area (Å²) >= 11 is 0. The Balaban J connectivity index is 1.61. The average molecular weight is 332 g/mol. The van der Waals surface area contributed by atoms with E-state index in [4.69, 9.17) is 4.74 Å². The maximum Gasteiger partial charge on any atom is 0.236 e. The molecule has 0 aromatic carbocycles. The van der Waals surface area contributed by atoms with Gasteiger partial charge < -0.3 is 14.5 Å². The Hall–Kier alpha value is -1.66. The van der Waals surface area contributed by atoms with Crippen molar-refractivity contribution in [1.82, 2.24) is 14.8 Å². The van der Waals surface area contributed by atoms with E-state index >= 15 is 0 Å². The number of ether oxygens (including phenoxy) is 1. The van der Waals surface area contributed by atoms with Gasteiger partial charge in [-0.2, -0.15) is 0 Å². The molecule has 24 heavy (non-hydrogen) atoms. The number of hydrogen-bond donors (Lipinski definition) is 0. The highest BCUT2D eigenvalue weighted by atomic mass is 16.5. The maximum absolute atomic E-state index is 12.6. The van der Waals surface area contributed by atoms with Gasteiger partial charge in [0.25, 0.3) is 0 Å². The van der Waals surface area contributed by atoms with Gasteiger partial charge in [-0.25, -0.2) is 4.98 Å². The Morgan fingerprint density at radius 1 is 1.33 bits per heavy atom. The number of rotatable bonds is 4.